The minimum atomic E-state index is 0.362. The van der Waals surface area contributed by atoms with Crippen LogP contribution in [-0.2, 0) is 11.3 Å². The second-order valence-corrected chi connectivity index (χ2v) is 5.72. The zero-order valence-electron chi connectivity index (χ0n) is 12.4. The zero-order chi connectivity index (χ0) is 14.3. The number of hydrogen-bond acceptors (Lipinski definition) is 3. The van der Waals surface area contributed by atoms with Crippen molar-refractivity contribution in [3.63, 3.8) is 0 Å². The van der Waals surface area contributed by atoms with Gasteiger partial charge in [0.2, 0.25) is 0 Å². The minimum Gasteiger partial charge on any atom is -0.383 e. The third-order valence-electron chi connectivity index (χ3n) is 3.26. The molecule has 0 aliphatic rings. The normalized spacial score (nSPS) is 12.5. The molecule has 0 fully saturated rings. The maximum Gasteiger partial charge on any atom is 0.0663 e. The molecule has 0 saturated heterocycles. The molecule has 1 aromatic rings. The molecule has 0 spiro atoms. The Hall–Kier alpha value is -0.580. The predicted molar refractivity (Wildman–Crippen MR) is 85.9 cm³/mol. The van der Waals surface area contributed by atoms with Crippen molar-refractivity contribution in [3.8, 4) is 0 Å². The van der Waals surface area contributed by atoms with Gasteiger partial charge in [-0.1, -0.05) is 28.9 Å². The Balaban J connectivity index is 2.70. The van der Waals surface area contributed by atoms with Crippen LogP contribution in [0.1, 0.15) is 25.8 Å². The second-order valence-electron chi connectivity index (χ2n) is 4.87. The van der Waals surface area contributed by atoms with Gasteiger partial charge in [0.05, 0.1) is 6.61 Å². The van der Waals surface area contributed by atoms with Crippen LogP contribution in [0.5, 0.6) is 0 Å². The molecule has 1 N–H and O–H groups in total. The highest BCUT2D eigenvalue weighted by Crippen LogP contribution is 2.24. The number of hydrogen-bond donors (Lipinski definition) is 1. The van der Waals surface area contributed by atoms with Crippen LogP contribution in [0.2, 0.25) is 0 Å². The van der Waals surface area contributed by atoms with Gasteiger partial charge in [0.15, 0.2) is 0 Å². The molecule has 0 heterocycles. The number of likely N-dealkylation sites (N-methyl/N-ethyl adjacent to an activating group) is 1. The van der Waals surface area contributed by atoms with Gasteiger partial charge in [-0.3, -0.25) is 0 Å². The minimum absolute atomic E-state index is 0.362. The molecule has 0 radical (unpaired) electrons. The quantitative estimate of drug-likeness (QED) is 0.740. The first-order chi connectivity index (χ1) is 9.10. The molecule has 4 heteroatoms. The van der Waals surface area contributed by atoms with Crippen LogP contribution in [0, 0.1) is 0 Å². The fourth-order valence-electron chi connectivity index (χ4n) is 1.91. The molecule has 3 nitrogen and oxygen atoms in total. The van der Waals surface area contributed by atoms with Crippen LogP contribution in [0.15, 0.2) is 22.7 Å². The van der Waals surface area contributed by atoms with Gasteiger partial charge >= 0.3 is 0 Å². The summed E-state index contributed by atoms with van der Waals surface area (Å²) >= 11 is 3.66. The third kappa shape index (κ3) is 5.13. The van der Waals surface area contributed by atoms with Crippen LogP contribution in [0.3, 0.4) is 0 Å². The average Bonchev–Trinajstić information content (AvgIpc) is 2.40. The van der Waals surface area contributed by atoms with E-state index in [0.29, 0.717) is 6.04 Å². The van der Waals surface area contributed by atoms with Gasteiger partial charge in [-0.25, -0.2) is 0 Å². The van der Waals surface area contributed by atoms with Crippen molar-refractivity contribution in [2.45, 2.75) is 32.9 Å². The lowest BCUT2D eigenvalue weighted by Gasteiger charge is -2.27. The monoisotopic (exact) mass is 328 g/mol. The number of anilines is 1. The Kier molecular flexibility index (Phi) is 7.42. The van der Waals surface area contributed by atoms with Crippen LogP contribution in [-0.4, -0.2) is 33.4 Å². The number of rotatable bonds is 8. The first kappa shape index (κ1) is 16.5. The fraction of sp³-hybridized carbons (Fsp3) is 0.600. The molecule has 0 aliphatic carbocycles. The summed E-state index contributed by atoms with van der Waals surface area (Å²) in [5, 5.41) is 3.42. The number of benzene rings is 1. The van der Waals surface area contributed by atoms with Gasteiger partial charge in [-0.15, -0.1) is 0 Å². The van der Waals surface area contributed by atoms with E-state index in [2.05, 4.69) is 65.2 Å². The van der Waals surface area contributed by atoms with Crippen molar-refractivity contribution in [2.24, 2.45) is 0 Å². The number of nitrogens with one attached hydrogen (secondary N) is 1. The Morgan fingerprint density at radius 3 is 2.74 bits per heavy atom. The van der Waals surface area contributed by atoms with Gasteiger partial charge in [-0.05, 0) is 37.6 Å². The van der Waals surface area contributed by atoms with Gasteiger partial charge < -0.3 is 15.0 Å². The maximum atomic E-state index is 5.20. The van der Waals surface area contributed by atoms with Crippen molar-refractivity contribution in [3.05, 3.63) is 28.2 Å². The van der Waals surface area contributed by atoms with E-state index in [4.69, 9.17) is 4.74 Å². The summed E-state index contributed by atoms with van der Waals surface area (Å²) in [6, 6.07) is 6.88. The summed E-state index contributed by atoms with van der Waals surface area (Å²) in [6.45, 7) is 7.03. The van der Waals surface area contributed by atoms with Crippen molar-refractivity contribution in [2.75, 3.05) is 32.2 Å². The highest BCUT2D eigenvalue weighted by atomic mass is 79.9. The van der Waals surface area contributed by atoms with E-state index < -0.39 is 0 Å². The van der Waals surface area contributed by atoms with Crippen molar-refractivity contribution < 1.29 is 4.74 Å². The number of ether oxygens (including phenoxy) is 1. The molecular weight excluding hydrogens is 304 g/mol. The lowest BCUT2D eigenvalue weighted by atomic mass is 10.1. The molecule has 1 unspecified atom stereocenters. The molecule has 0 amide bonds. The third-order valence-corrected chi connectivity index (χ3v) is 3.99. The largest absolute Gasteiger partial charge is 0.383 e. The molecule has 0 saturated carbocycles. The second kappa shape index (κ2) is 8.56. The number of halogens is 1. The standard InChI is InChI=1S/C15H25BrN2O/c1-5-8-17-10-13-6-7-14(9-15(13)16)18(3)12(2)11-19-4/h6-7,9,12,17H,5,8,10-11H2,1-4H3. The summed E-state index contributed by atoms with van der Waals surface area (Å²) < 4.78 is 6.36. The molecule has 19 heavy (non-hydrogen) atoms. The van der Waals surface area contributed by atoms with Crippen molar-refractivity contribution >= 4 is 21.6 Å². The SMILES string of the molecule is CCCNCc1ccc(N(C)C(C)COC)cc1Br. The van der Waals surface area contributed by atoms with Gasteiger partial charge in [0, 0.05) is 36.9 Å². The molecule has 0 aromatic heterocycles. The van der Waals surface area contributed by atoms with Gasteiger partial charge in [-0.2, -0.15) is 0 Å². The van der Waals surface area contributed by atoms with Crippen LogP contribution in [0.25, 0.3) is 0 Å². The van der Waals surface area contributed by atoms with Gasteiger partial charge in [0.1, 0.15) is 0 Å². The van der Waals surface area contributed by atoms with E-state index in [9.17, 15) is 0 Å². The smallest absolute Gasteiger partial charge is 0.0663 e. The van der Waals surface area contributed by atoms with Crippen molar-refractivity contribution in [1.29, 1.82) is 0 Å². The maximum absolute atomic E-state index is 5.20. The van der Waals surface area contributed by atoms with E-state index in [-0.39, 0.29) is 0 Å². The summed E-state index contributed by atoms with van der Waals surface area (Å²) in [5.74, 6) is 0. The van der Waals surface area contributed by atoms with E-state index >= 15 is 0 Å². The Labute approximate surface area is 125 Å². The van der Waals surface area contributed by atoms with Crippen LogP contribution >= 0.6 is 15.9 Å². The summed E-state index contributed by atoms with van der Waals surface area (Å²) in [6.07, 6.45) is 1.16. The lowest BCUT2D eigenvalue weighted by molar-refractivity contribution is 0.183. The molecule has 1 aromatic carbocycles. The predicted octanol–water partition coefficient (Wildman–Crippen LogP) is 3.42. The highest BCUT2D eigenvalue weighted by Gasteiger charge is 2.11. The Morgan fingerprint density at radius 1 is 1.42 bits per heavy atom. The fourth-order valence-corrected chi connectivity index (χ4v) is 2.41. The van der Waals surface area contributed by atoms with Crippen LogP contribution < -0.4 is 10.2 Å². The molecule has 0 aliphatic heterocycles. The summed E-state index contributed by atoms with van der Waals surface area (Å²) in [4.78, 5) is 2.23. The van der Waals surface area contributed by atoms with Gasteiger partial charge in [0.25, 0.3) is 0 Å². The Bertz CT molecular complexity index is 384. The van der Waals surface area contributed by atoms with Crippen LogP contribution in [0.4, 0.5) is 5.69 Å². The average molecular weight is 329 g/mol. The molecular formula is C15H25BrN2O. The first-order valence-corrected chi connectivity index (χ1v) is 7.60. The summed E-state index contributed by atoms with van der Waals surface area (Å²) in [7, 11) is 3.84. The molecule has 1 atom stereocenters. The molecule has 108 valence electrons. The van der Waals surface area contributed by atoms with Crippen molar-refractivity contribution in [1.82, 2.24) is 5.32 Å². The lowest BCUT2D eigenvalue weighted by Crippen LogP contribution is -2.32. The highest BCUT2D eigenvalue weighted by molar-refractivity contribution is 9.10. The van der Waals surface area contributed by atoms with E-state index in [1.807, 2.05) is 0 Å². The molecule has 1 rings (SSSR count). The van der Waals surface area contributed by atoms with E-state index in [1.165, 1.54) is 11.3 Å². The Morgan fingerprint density at radius 2 is 2.16 bits per heavy atom. The zero-order valence-corrected chi connectivity index (χ0v) is 14.0. The number of methoxy groups -OCH3 is 1. The first-order valence-electron chi connectivity index (χ1n) is 6.81. The molecule has 0 bridgehead atoms. The van der Waals surface area contributed by atoms with E-state index in [0.717, 1.165) is 30.6 Å². The summed E-state index contributed by atoms with van der Waals surface area (Å²) in [5.41, 5.74) is 2.50. The number of nitrogens with zero attached hydrogens (tertiary/aromatic N) is 1. The van der Waals surface area contributed by atoms with E-state index in [1.54, 1.807) is 7.11 Å². The topological polar surface area (TPSA) is 24.5 Å².